The summed E-state index contributed by atoms with van der Waals surface area (Å²) in [6.07, 6.45) is 1.88. The van der Waals surface area contributed by atoms with E-state index < -0.39 is 10.0 Å². The third kappa shape index (κ3) is 3.86. The van der Waals surface area contributed by atoms with Crippen LogP contribution in [-0.4, -0.2) is 27.3 Å². The summed E-state index contributed by atoms with van der Waals surface area (Å²) in [5.41, 5.74) is 5.38. The van der Waals surface area contributed by atoms with Crippen LogP contribution in [0.25, 0.3) is 0 Å². The number of thioether (sulfide) groups is 1. The Balaban J connectivity index is 3.04. The van der Waals surface area contributed by atoms with Gasteiger partial charge in [0, 0.05) is 17.5 Å². The van der Waals surface area contributed by atoms with Crippen molar-refractivity contribution in [3.8, 4) is 0 Å². The molecule has 1 atom stereocenters. The second-order valence-electron chi connectivity index (χ2n) is 3.55. The molecular weight excluding hydrogens is 280 g/mol. The maximum atomic E-state index is 11.9. The predicted octanol–water partition coefficient (Wildman–Crippen LogP) is 1.69. The van der Waals surface area contributed by atoms with E-state index in [2.05, 4.69) is 4.72 Å². The highest BCUT2D eigenvalue weighted by atomic mass is 35.5. The number of benzene rings is 1. The standard InChI is InChI=1S/C10H15ClN2O2S2/c1-7(6-12)13-17(14,15)8-3-4-10(16-2)9(11)5-8/h3-5,7,13H,6,12H2,1-2H3/t7-/m0/s1. The molecule has 0 saturated heterocycles. The van der Waals surface area contributed by atoms with Gasteiger partial charge < -0.3 is 5.73 Å². The van der Waals surface area contributed by atoms with Gasteiger partial charge in [-0.3, -0.25) is 0 Å². The summed E-state index contributed by atoms with van der Waals surface area (Å²) >= 11 is 7.43. The molecule has 17 heavy (non-hydrogen) atoms. The third-order valence-electron chi connectivity index (χ3n) is 2.14. The second-order valence-corrected chi connectivity index (χ2v) is 6.52. The number of hydrogen-bond acceptors (Lipinski definition) is 4. The van der Waals surface area contributed by atoms with Crippen LogP contribution in [-0.2, 0) is 10.0 Å². The van der Waals surface area contributed by atoms with Gasteiger partial charge in [0.1, 0.15) is 0 Å². The lowest BCUT2D eigenvalue weighted by molar-refractivity contribution is 0.562. The Bertz CT molecular complexity index is 491. The van der Waals surface area contributed by atoms with Gasteiger partial charge in [-0.25, -0.2) is 13.1 Å². The van der Waals surface area contributed by atoms with E-state index in [4.69, 9.17) is 17.3 Å². The largest absolute Gasteiger partial charge is 0.329 e. The van der Waals surface area contributed by atoms with E-state index in [0.29, 0.717) is 5.02 Å². The highest BCUT2D eigenvalue weighted by Crippen LogP contribution is 2.27. The summed E-state index contributed by atoms with van der Waals surface area (Å²) in [5.74, 6) is 0. The fourth-order valence-corrected chi connectivity index (χ4v) is 3.41. The molecule has 1 rings (SSSR count). The zero-order valence-electron chi connectivity index (χ0n) is 9.60. The van der Waals surface area contributed by atoms with Crippen LogP contribution >= 0.6 is 23.4 Å². The number of sulfonamides is 1. The highest BCUT2D eigenvalue weighted by Gasteiger charge is 2.17. The van der Waals surface area contributed by atoms with E-state index in [1.54, 1.807) is 13.0 Å². The Morgan fingerprint density at radius 3 is 2.65 bits per heavy atom. The van der Waals surface area contributed by atoms with Gasteiger partial charge >= 0.3 is 0 Å². The third-order valence-corrected chi connectivity index (χ3v) is 4.95. The number of nitrogens with two attached hydrogens (primary N) is 1. The van der Waals surface area contributed by atoms with Crippen molar-refractivity contribution in [2.45, 2.75) is 22.8 Å². The summed E-state index contributed by atoms with van der Waals surface area (Å²) in [6.45, 7) is 1.95. The van der Waals surface area contributed by atoms with Crippen LogP contribution in [0.4, 0.5) is 0 Å². The average Bonchev–Trinajstić information content (AvgIpc) is 2.28. The molecule has 1 aromatic carbocycles. The SMILES string of the molecule is CSc1ccc(S(=O)(=O)N[C@@H](C)CN)cc1Cl. The zero-order valence-corrected chi connectivity index (χ0v) is 12.0. The monoisotopic (exact) mass is 294 g/mol. The van der Waals surface area contributed by atoms with Crippen LogP contribution in [0.1, 0.15) is 6.92 Å². The minimum Gasteiger partial charge on any atom is -0.329 e. The van der Waals surface area contributed by atoms with Gasteiger partial charge in [-0.05, 0) is 31.4 Å². The van der Waals surface area contributed by atoms with Gasteiger partial charge in [0.2, 0.25) is 10.0 Å². The van der Waals surface area contributed by atoms with Gasteiger partial charge in [-0.15, -0.1) is 11.8 Å². The van der Waals surface area contributed by atoms with E-state index in [9.17, 15) is 8.42 Å². The molecule has 4 nitrogen and oxygen atoms in total. The van der Waals surface area contributed by atoms with Crippen molar-refractivity contribution in [3.05, 3.63) is 23.2 Å². The molecule has 0 radical (unpaired) electrons. The quantitative estimate of drug-likeness (QED) is 0.811. The van der Waals surface area contributed by atoms with Crippen molar-refractivity contribution in [2.24, 2.45) is 5.73 Å². The zero-order chi connectivity index (χ0) is 13.1. The first-order valence-corrected chi connectivity index (χ1v) is 8.05. The molecule has 7 heteroatoms. The van der Waals surface area contributed by atoms with Gasteiger partial charge in [0.15, 0.2) is 0 Å². The van der Waals surface area contributed by atoms with Gasteiger partial charge in [0.05, 0.1) is 9.92 Å². The average molecular weight is 295 g/mol. The van der Waals surface area contributed by atoms with Crippen LogP contribution in [0.15, 0.2) is 28.0 Å². The first-order chi connectivity index (χ1) is 7.90. The minimum absolute atomic E-state index is 0.153. The van der Waals surface area contributed by atoms with Crippen LogP contribution in [0.5, 0.6) is 0 Å². The lowest BCUT2D eigenvalue weighted by atomic mass is 10.4. The summed E-state index contributed by atoms with van der Waals surface area (Å²) in [7, 11) is -3.54. The molecule has 0 unspecified atom stereocenters. The molecular formula is C10H15ClN2O2S2. The summed E-state index contributed by atoms with van der Waals surface area (Å²) in [6, 6.07) is 4.36. The Kier molecular flexibility index (Phi) is 5.27. The van der Waals surface area contributed by atoms with Crippen molar-refractivity contribution in [1.29, 1.82) is 0 Å². The molecule has 0 amide bonds. The first-order valence-electron chi connectivity index (χ1n) is 4.96. The summed E-state index contributed by atoms with van der Waals surface area (Å²) < 4.78 is 26.3. The molecule has 3 N–H and O–H groups in total. The fraction of sp³-hybridized carbons (Fsp3) is 0.400. The van der Waals surface area contributed by atoms with Crippen molar-refractivity contribution in [2.75, 3.05) is 12.8 Å². The van der Waals surface area contributed by atoms with E-state index >= 15 is 0 Å². The van der Waals surface area contributed by atoms with Crippen molar-refractivity contribution >= 4 is 33.4 Å². The van der Waals surface area contributed by atoms with Gasteiger partial charge in [0.25, 0.3) is 0 Å². The molecule has 0 aliphatic heterocycles. The first kappa shape index (κ1) is 14.8. The number of nitrogens with one attached hydrogen (secondary N) is 1. The second kappa shape index (κ2) is 6.06. The maximum Gasteiger partial charge on any atom is 0.240 e. The number of halogens is 1. The summed E-state index contributed by atoms with van der Waals surface area (Å²) in [5, 5.41) is 0.431. The lowest BCUT2D eigenvalue weighted by Gasteiger charge is -2.12. The molecule has 0 heterocycles. The Morgan fingerprint density at radius 1 is 1.53 bits per heavy atom. The Morgan fingerprint density at radius 2 is 2.18 bits per heavy atom. The molecule has 0 saturated carbocycles. The number of rotatable bonds is 5. The highest BCUT2D eigenvalue weighted by molar-refractivity contribution is 7.98. The van der Waals surface area contributed by atoms with Crippen molar-refractivity contribution < 1.29 is 8.42 Å². The van der Waals surface area contributed by atoms with E-state index in [-0.39, 0.29) is 17.5 Å². The predicted molar refractivity (Wildman–Crippen MR) is 72.1 cm³/mol. The van der Waals surface area contributed by atoms with Crippen molar-refractivity contribution in [3.63, 3.8) is 0 Å². The molecule has 96 valence electrons. The van der Waals surface area contributed by atoms with E-state index in [0.717, 1.165) is 4.90 Å². The van der Waals surface area contributed by atoms with Crippen molar-refractivity contribution in [1.82, 2.24) is 4.72 Å². The molecule has 0 aromatic heterocycles. The van der Waals surface area contributed by atoms with Crippen LogP contribution in [0, 0.1) is 0 Å². The van der Waals surface area contributed by atoms with Crippen LogP contribution < -0.4 is 10.5 Å². The van der Waals surface area contributed by atoms with E-state index in [1.807, 2.05) is 6.26 Å². The van der Waals surface area contributed by atoms with Crippen LogP contribution in [0.2, 0.25) is 5.02 Å². The smallest absolute Gasteiger partial charge is 0.240 e. The Labute approximate surface area is 111 Å². The fourth-order valence-electron chi connectivity index (χ4n) is 1.20. The maximum absolute atomic E-state index is 11.9. The molecule has 0 aliphatic rings. The Hall–Kier alpha value is -0.270. The molecule has 0 bridgehead atoms. The van der Waals surface area contributed by atoms with Crippen LogP contribution in [0.3, 0.4) is 0 Å². The molecule has 0 spiro atoms. The molecule has 1 aromatic rings. The van der Waals surface area contributed by atoms with Gasteiger partial charge in [-0.1, -0.05) is 11.6 Å². The normalized spacial score (nSPS) is 13.6. The minimum atomic E-state index is -3.54. The van der Waals surface area contributed by atoms with E-state index in [1.165, 1.54) is 23.9 Å². The van der Waals surface area contributed by atoms with Gasteiger partial charge in [-0.2, -0.15) is 0 Å². The number of hydrogen-bond donors (Lipinski definition) is 2. The topological polar surface area (TPSA) is 72.2 Å². The molecule has 0 aliphatic carbocycles. The molecule has 0 fully saturated rings. The lowest BCUT2D eigenvalue weighted by Crippen LogP contribution is -2.37. The summed E-state index contributed by atoms with van der Waals surface area (Å²) in [4.78, 5) is 0.998.